The number of esters is 5. The van der Waals surface area contributed by atoms with Crippen molar-refractivity contribution in [1.82, 2.24) is 0 Å². The van der Waals surface area contributed by atoms with Crippen LogP contribution in [0.25, 0.3) is 0 Å². The Morgan fingerprint density at radius 1 is 0.391 bits per heavy atom. The first-order valence-electron chi connectivity index (χ1n) is 44.9. The fourth-order valence-electron chi connectivity index (χ4n) is 15.1. The van der Waals surface area contributed by atoms with Crippen LogP contribution in [0.3, 0.4) is 0 Å². The van der Waals surface area contributed by atoms with Gasteiger partial charge in [-0.15, -0.1) is 0 Å². The third-order valence-electron chi connectivity index (χ3n) is 23.8. The van der Waals surface area contributed by atoms with Crippen LogP contribution < -0.4 is 0 Å². The molecule has 0 amide bonds. The van der Waals surface area contributed by atoms with Gasteiger partial charge in [0, 0.05) is 39.1 Å². The number of carbonyl (C=O) groups excluding carboxylic acids is 5. The third-order valence-corrected chi connectivity index (χ3v) is 23.8. The first kappa shape index (κ1) is 106. The molecular formula is C91H168O24. The van der Waals surface area contributed by atoms with Crippen molar-refractivity contribution in [3.63, 3.8) is 0 Å². The van der Waals surface area contributed by atoms with E-state index in [1.54, 1.807) is 6.92 Å². The zero-order valence-corrected chi connectivity index (χ0v) is 77.3. The Morgan fingerprint density at radius 2 is 0.757 bits per heavy atom. The Labute approximate surface area is 697 Å². The molecule has 24 nitrogen and oxygen atoms in total. The largest absolute Gasteiger partial charge is 0.463 e. The molecule has 7 saturated carbocycles. The average molecular weight is 1650 g/mol. The second kappa shape index (κ2) is 52.3. The Bertz CT molecular complexity index is 2640. The van der Waals surface area contributed by atoms with Crippen molar-refractivity contribution in [3.8, 4) is 0 Å². The van der Waals surface area contributed by atoms with Crippen molar-refractivity contribution in [1.29, 1.82) is 0 Å². The molecule has 24 heteroatoms. The lowest BCUT2D eigenvalue weighted by Crippen LogP contribution is -2.69. The van der Waals surface area contributed by atoms with E-state index in [0.717, 1.165) is 116 Å². The minimum absolute atomic E-state index is 0.0924. The van der Waals surface area contributed by atoms with Crippen LogP contribution in [0.5, 0.6) is 0 Å². The fourth-order valence-corrected chi connectivity index (χ4v) is 15.1. The molecule has 1 aliphatic heterocycles. The molecule has 4 bridgehead atoms. The Hall–Kier alpha value is -3.21. The van der Waals surface area contributed by atoms with E-state index < -0.39 is 62.1 Å². The molecule has 1 saturated heterocycles. The third kappa shape index (κ3) is 40.1. The summed E-state index contributed by atoms with van der Waals surface area (Å²) in [4.78, 5) is 60.6. The number of unbranched alkanes of at least 4 members (excludes halogenated alkanes) is 1. The number of rotatable bonds is 46. The van der Waals surface area contributed by atoms with Crippen molar-refractivity contribution in [2.75, 3.05) is 72.7 Å². The zero-order valence-electron chi connectivity index (χ0n) is 77.3. The van der Waals surface area contributed by atoms with Gasteiger partial charge in [-0.25, -0.2) is 0 Å². The molecule has 8 fully saturated rings. The van der Waals surface area contributed by atoms with E-state index in [0.29, 0.717) is 76.9 Å². The second-order valence-electron chi connectivity index (χ2n) is 36.9. The molecule has 8 rings (SSSR count). The molecule has 0 radical (unpaired) electrons. The van der Waals surface area contributed by atoms with Crippen molar-refractivity contribution in [3.05, 3.63) is 0 Å². The summed E-state index contributed by atoms with van der Waals surface area (Å²) in [6, 6.07) is 0. The maximum atomic E-state index is 13.4. The summed E-state index contributed by atoms with van der Waals surface area (Å²) in [6.07, 6.45) is 27.9. The summed E-state index contributed by atoms with van der Waals surface area (Å²) < 4.78 is 109. The van der Waals surface area contributed by atoms with E-state index in [1.165, 1.54) is 57.8 Å². The van der Waals surface area contributed by atoms with Crippen LogP contribution in [0.1, 0.15) is 360 Å². The molecule has 8 aliphatic rings. The molecule has 0 spiro atoms. The molecule has 0 N–H and O–H groups in total. The molecule has 676 valence electrons. The molecule has 10 unspecified atom stereocenters. The zero-order chi connectivity index (χ0) is 86.3. The lowest BCUT2D eigenvalue weighted by Gasteiger charge is -2.65. The van der Waals surface area contributed by atoms with Crippen molar-refractivity contribution in [2.24, 2.45) is 33.0 Å². The van der Waals surface area contributed by atoms with Gasteiger partial charge in [0.15, 0.2) is 43.5 Å². The predicted molar refractivity (Wildman–Crippen MR) is 444 cm³/mol. The van der Waals surface area contributed by atoms with Crippen molar-refractivity contribution < 1.29 is 114 Å². The maximum Gasteiger partial charge on any atom is 0.312 e. The summed E-state index contributed by atoms with van der Waals surface area (Å²) in [5, 5.41) is 0. The quantitative estimate of drug-likeness (QED) is 0.0237. The van der Waals surface area contributed by atoms with Gasteiger partial charge in [0.2, 0.25) is 0 Å². The Balaban J connectivity index is 0.000000390. The van der Waals surface area contributed by atoms with E-state index >= 15 is 0 Å². The van der Waals surface area contributed by atoms with Gasteiger partial charge in [0.05, 0.1) is 83.0 Å². The lowest BCUT2D eigenvalue weighted by atomic mass is 9.50. The standard InChI is InChI=1S/C32H54O6.C17H34O6.C16H30O4.C14H28O4.C12H22O4/c1-6-29(4,5)28(33)38-32-19-25-17-30(21-32,36-23(2)34-26-13-9-7-10-14-26)20-31(18-25,22-32)37-24(3)35-27-15-11-8-12-16-27;1-8-17(6,7)16(18)22-12-15(23-14(5)20-10-3)11-21-13(4)19-9-2;1-5-16(3,4)15(17)19-12-11-18-13(2)20-14-9-7-6-8-10-14;1-6-8-9-16-12(3)17-10-11-18-13(15)14(4,5)7-2;1-6-11(2,3)10(13)14-7-9-8-15-12(4,5)16-9/h23-27H,6-22H2,1-5H3;13-15H,8-12H2,1-7H3;13-14H,5-12H2,1-4H3;12H,6-11H2,1-5H3;9H,6-8H2,1-5H3. The van der Waals surface area contributed by atoms with E-state index in [1.807, 2.05) is 145 Å². The fraction of sp³-hybridized carbons (Fsp3) is 0.945. The van der Waals surface area contributed by atoms with Gasteiger partial charge in [0.1, 0.15) is 44.2 Å². The topological polar surface area (TPSA) is 261 Å². The molecule has 0 aromatic rings. The van der Waals surface area contributed by atoms with Gasteiger partial charge < -0.3 is 90.0 Å². The molecule has 7 aliphatic carbocycles. The first-order valence-corrected chi connectivity index (χ1v) is 44.9. The molecule has 10 atom stereocenters. The summed E-state index contributed by atoms with van der Waals surface area (Å²) >= 11 is 0. The van der Waals surface area contributed by atoms with Gasteiger partial charge in [-0.2, -0.15) is 0 Å². The van der Waals surface area contributed by atoms with Crippen LogP contribution in [-0.4, -0.2) is 193 Å². The van der Waals surface area contributed by atoms with Crippen LogP contribution in [0.15, 0.2) is 0 Å². The first-order chi connectivity index (χ1) is 54.0. The normalized spacial score (nSPS) is 24.4. The molecule has 0 aromatic carbocycles. The molecule has 1 heterocycles. The highest BCUT2D eigenvalue weighted by Gasteiger charge is 2.68. The second-order valence-corrected chi connectivity index (χ2v) is 36.9. The Morgan fingerprint density at radius 3 is 1.17 bits per heavy atom. The molecule has 0 aromatic heterocycles. The lowest BCUT2D eigenvalue weighted by molar-refractivity contribution is -0.341. The number of hydrogen-bond donors (Lipinski definition) is 0. The highest BCUT2D eigenvalue weighted by molar-refractivity contribution is 5.77. The van der Waals surface area contributed by atoms with Crippen LogP contribution in [0.4, 0.5) is 0 Å². The van der Waals surface area contributed by atoms with Gasteiger partial charge in [-0.05, 0) is 241 Å². The van der Waals surface area contributed by atoms with E-state index in [9.17, 15) is 24.0 Å². The number of ether oxygens (including phenoxy) is 19. The summed E-state index contributed by atoms with van der Waals surface area (Å²) in [7, 11) is 0. The van der Waals surface area contributed by atoms with Gasteiger partial charge in [-0.3, -0.25) is 24.0 Å². The van der Waals surface area contributed by atoms with Crippen molar-refractivity contribution >= 4 is 29.8 Å². The smallest absolute Gasteiger partial charge is 0.312 e. The van der Waals surface area contributed by atoms with Crippen molar-refractivity contribution in [2.45, 2.75) is 451 Å². The minimum Gasteiger partial charge on any atom is -0.463 e. The number of carbonyl (C=O) groups is 5. The summed E-state index contributed by atoms with van der Waals surface area (Å²) in [5.41, 5.74) is -3.58. The Kier molecular flexibility index (Phi) is 48.2. The summed E-state index contributed by atoms with van der Waals surface area (Å²) in [5.74, 6) is -0.994. The average Bonchev–Trinajstić information content (AvgIpc) is 0.889. The number of hydrogen-bond acceptors (Lipinski definition) is 24. The van der Waals surface area contributed by atoms with Gasteiger partial charge in [-0.1, -0.05) is 106 Å². The minimum atomic E-state index is -0.558. The summed E-state index contributed by atoms with van der Waals surface area (Å²) in [6.45, 7) is 54.4. The SMILES string of the molecule is CCC(C)(C)C(=O)OC12CC3CC(OC(C)OC4CCCCC4)(C1)CC(OC(C)OC1CCCCC1)(C3)C2.CCC(C)(C)C(=O)OCC1COC(C)(C)O1.CCC(C)(C)C(=O)OCCOC(C)OC1CCCCC1.CCCCOC(C)OCCOC(=O)C(C)(C)CC.CCOC(C)OCC(COC(=O)C(C)(C)CC)OC(C)OCC. The monoisotopic (exact) mass is 1650 g/mol. The van der Waals surface area contributed by atoms with Crippen LogP contribution >= 0.6 is 0 Å². The highest BCUT2D eigenvalue weighted by Crippen LogP contribution is 2.64. The van der Waals surface area contributed by atoms with Crippen LogP contribution in [-0.2, 0) is 114 Å². The van der Waals surface area contributed by atoms with E-state index in [-0.39, 0.29) is 93.8 Å². The van der Waals surface area contributed by atoms with Crippen LogP contribution in [0, 0.1) is 33.0 Å². The van der Waals surface area contributed by atoms with Crippen LogP contribution in [0.2, 0.25) is 0 Å². The molecule has 115 heavy (non-hydrogen) atoms. The predicted octanol–water partition coefficient (Wildman–Crippen LogP) is 19.7. The van der Waals surface area contributed by atoms with E-state index in [2.05, 4.69) is 27.7 Å². The highest BCUT2D eigenvalue weighted by atomic mass is 16.8. The van der Waals surface area contributed by atoms with E-state index in [4.69, 9.17) is 90.0 Å². The van der Waals surface area contributed by atoms with Gasteiger partial charge >= 0.3 is 29.8 Å². The molecular weight excluding hydrogens is 1480 g/mol. The maximum absolute atomic E-state index is 13.4. The van der Waals surface area contributed by atoms with Gasteiger partial charge in [0.25, 0.3) is 0 Å².